The molecule has 3 rings (SSSR count). The monoisotopic (exact) mass is 372 g/mol. The molecule has 1 fully saturated rings. The second-order valence-corrected chi connectivity index (χ2v) is 6.33. The van der Waals surface area contributed by atoms with Crippen molar-refractivity contribution in [2.45, 2.75) is 32.5 Å². The summed E-state index contributed by atoms with van der Waals surface area (Å²) in [4.78, 5) is 26.6. The fourth-order valence-electron chi connectivity index (χ4n) is 3.03. The van der Waals surface area contributed by atoms with Crippen molar-refractivity contribution >= 4 is 11.8 Å². The van der Waals surface area contributed by atoms with E-state index >= 15 is 0 Å². The van der Waals surface area contributed by atoms with Gasteiger partial charge in [-0.3, -0.25) is 14.5 Å². The molecule has 8 heteroatoms. The van der Waals surface area contributed by atoms with E-state index in [2.05, 4.69) is 15.8 Å². The molecule has 144 valence electrons. The number of ether oxygens (including phenoxy) is 1. The van der Waals surface area contributed by atoms with Gasteiger partial charge in [-0.1, -0.05) is 17.3 Å². The maximum Gasteiger partial charge on any atom is 0.237 e. The molecule has 1 aromatic carbocycles. The first kappa shape index (κ1) is 18.9. The molecule has 0 bridgehead atoms. The Balaban J connectivity index is 1.58. The first-order valence-corrected chi connectivity index (χ1v) is 9.05. The number of aromatic nitrogens is 1. The number of benzene rings is 1. The van der Waals surface area contributed by atoms with Gasteiger partial charge in [0.25, 0.3) is 0 Å². The standard InChI is InChI=1S/C19H24N4O4/c1-2-26-16-5-3-14(4-6-16)13-23-9-8-20-19(25)17(23)11-18(24)21-12-15-7-10-27-22-15/h3-7,10,17H,2,8-9,11-13H2,1H3,(H,20,25)(H,21,24). The quantitative estimate of drug-likeness (QED) is 0.720. The van der Waals surface area contributed by atoms with Crippen LogP contribution in [0.2, 0.25) is 0 Å². The van der Waals surface area contributed by atoms with Crippen LogP contribution in [-0.4, -0.2) is 47.6 Å². The minimum atomic E-state index is -0.498. The highest BCUT2D eigenvalue weighted by atomic mass is 16.5. The Labute approximate surface area is 157 Å². The van der Waals surface area contributed by atoms with Crippen molar-refractivity contribution in [3.63, 3.8) is 0 Å². The molecule has 0 spiro atoms. The van der Waals surface area contributed by atoms with Crippen LogP contribution in [0.25, 0.3) is 0 Å². The zero-order chi connectivity index (χ0) is 19.1. The van der Waals surface area contributed by atoms with Crippen LogP contribution in [-0.2, 0) is 22.7 Å². The van der Waals surface area contributed by atoms with Gasteiger partial charge in [0.1, 0.15) is 17.7 Å². The lowest BCUT2D eigenvalue weighted by Gasteiger charge is -2.34. The van der Waals surface area contributed by atoms with Gasteiger partial charge in [0.05, 0.1) is 25.6 Å². The largest absolute Gasteiger partial charge is 0.494 e. The average Bonchev–Trinajstić information content (AvgIpc) is 3.18. The molecular weight excluding hydrogens is 348 g/mol. The van der Waals surface area contributed by atoms with E-state index in [9.17, 15) is 9.59 Å². The van der Waals surface area contributed by atoms with Crippen molar-refractivity contribution in [3.05, 3.63) is 47.9 Å². The summed E-state index contributed by atoms with van der Waals surface area (Å²) < 4.78 is 10.2. The van der Waals surface area contributed by atoms with E-state index < -0.39 is 6.04 Å². The molecule has 1 saturated heterocycles. The van der Waals surface area contributed by atoms with Gasteiger partial charge in [-0.2, -0.15) is 0 Å². The normalized spacial score (nSPS) is 17.4. The summed E-state index contributed by atoms with van der Waals surface area (Å²) in [6, 6.07) is 9.00. The van der Waals surface area contributed by atoms with E-state index in [1.807, 2.05) is 36.1 Å². The Hall–Kier alpha value is -2.87. The van der Waals surface area contributed by atoms with Crippen molar-refractivity contribution < 1.29 is 18.8 Å². The summed E-state index contributed by atoms with van der Waals surface area (Å²) in [5.74, 6) is 0.502. The van der Waals surface area contributed by atoms with Crippen LogP contribution in [0.4, 0.5) is 0 Å². The molecule has 0 aliphatic carbocycles. The van der Waals surface area contributed by atoms with Crippen LogP contribution < -0.4 is 15.4 Å². The third kappa shape index (κ3) is 5.30. The second-order valence-electron chi connectivity index (χ2n) is 6.33. The summed E-state index contributed by atoms with van der Waals surface area (Å²) >= 11 is 0. The lowest BCUT2D eigenvalue weighted by molar-refractivity contribution is -0.134. The van der Waals surface area contributed by atoms with E-state index in [1.54, 1.807) is 6.07 Å². The van der Waals surface area contributed by atoms with Crippen LogP contribution in [0.1, 0.15) is 24.6 Å². The number of piperazine rings is 1. The molecule has 1 atom stereocenters. The molecule has 1 aliphatic rings. The van der Waals surface area contributed by atoms with E-state index in [0.717, 1.165) is 11.3 Å². The van der Waals surface area contributed by atoms with Gasteiger partial charge in [-0.15, -0.1) is 0 Å². The fourth-order valence-corrected chi connectivity index (χ4v) is 3.03. The van der Waals surface area contributed by atoms with Gasteiger partial charge in [0, 0.05) is 25.7 Å². The number of hydrogen-bond donors (Lipinski definition) is 2. The van der Waals surface area contributed by atoms with Gasteiger partial charge in [0.2, 0.25) is 11.8 Å². The average molecular weight is 372 g/mol. The second kappa shape index (κ2) is 9.18. The molecule has 27 heavy (non-hydrogen) atoms. The van der Waals surface area contributed by atoms with Crippen LogP contribution in [0.3, 0.4) is 0 Å². The molecule has 0 radical (unpaired) electrons. The molecule has 0 saturated carbocycles. The number of hydrogen-bond acceptors (Lipinski definition) is 6. The minimum absolute atomic E-state index is 0.0979. The van der Waals surface area contributed by atoms with Crippen molar-refractivity contribution in [2.75, 3.05) is 19.7 Å². The number of nitrogens with zero attached hydrogens (tertiary/aromatic N) is 2. The Kier molecular flexibility index (Phi) is 6.43. The number of rotatable bonds is 8. The molecule has 8 nitrogen and oxygen atoms in total. The van der Waals surface area contributed by atoms with Gasteiger partial charge in [-0.25, -0.2) is 0 Å². The summed E-state index contributed by atoms with van der Waals surface area (Å²) in [7, 11) is 0. The number of nitrogens with one attached hydrogen (secondary N) is 2. The van der Waals surface area contributed by atoms with Crippen molar-refractivity contribution in [2.24, 2.45) is 0 Å². The SMILES string of the molecule is CCOc1ccc(CN2CCNC(=O)C2CC(=O)NCc2ccon2)cc1. The minimum Gasteiger partial charge on any atom is -0.494 e. The van der Waals surface area contributed by atoms with Crippen molar-refractivity contribution in [1.29, 1.82) is 0 Å². The van der Waals surface area contributed by atoms with Crippen molar-refractivity contribution in [3.8, 4) is 5.75 Å². The van der Waals surface area contributed by atoms with Crippen LogP contribution in [0.5, 0.6) is 5.75 Å². The Morgan fingerprint density at radius 1 is 1.37 bits per heavy atom. The lowest BCUT2D eigenvalue weighted by atomic mass is 10.1. The molecule has 1 aromatic heterocycles. The summed E-state index contributed by atoms with van der Waals surface area (Å²) in [6.07, 6.45) is 1.55. The molecule has 1 aliphatic heterocycles. The number of carbonyl (C=O) groups excluding carboxylic acids is 2. The van der Waals surface area contributed by atoms with E-state index in [0.29, 0.717) is 31.9 Å². The highest BCUT2D eigenvalue weighted by Crippen LogP contribution is 2.17. The van der Waals surface area contributed by atoms with Crippen LogP contribution in [0, 0.1) is 0 Å². The van der Waals surface area contributed by atoms with E-state index in [4.69, 9.17) is 9.26 Å². The summed E-state index contributed by atoms with van der Waals surface area (Å²) in [5, 5.41) is 9.37. The molecule has 2 N–H and O–H groups in total. The summed E-state index contributed by atoms with van der Waals surface area (Å²) in [5.41, 5.74) is 1.71. The Morgan fingerprint density at radius 2 is 2.19 bits per heavy atom. The number of carbonyl (C=O) groups is 2. The molecule has 2 heterocycles. The highest BCUT2D eigenvalue weighted by molar-refractivity contribution is 5.88. The summed E-state index contributed by atoms with van der Waals surface area (Å²) in [6.45, 7) is 4.71. The number of amides is 2. The Bertz CT molecular complexity index is 746. The van der Waals surface area contributed by atoms with Crippen LogP contribution >= 0.6 is 0 Å². The fraction of sp³-hybridized carbons (Fsp3) is 0.421. The van der Waals surface area contributed by atoms with Gasteiger partial charge < -0.3 is 19.9 Å². The van der Waals surface area contributed by atoms with Gasteiger partial charge >= 0.3 is 0 Å². The maximum absolute atomic E-state index is 12.3. The van der Waals surface area contributed by atoms with Crippen molar-refractivity contribution in [1.82, 2.24) is 20.7 Å². The zero-order valence-electron chi connectivity index (χ0n) is 15.3. The third-order valence-corrected chi connectivity index (χ3v) is 4.40. The predicted molar refractivity (Wildman–Crippen MR) is 97.8 cm³/mol. The molecule has 2 aromatic rings. The first-order chi connectivity index (χ1) is 13.2. The molecule has 1 unspecified atom stereocenters. The third-order valence-electron chi connectivity index (χ3n) is 4.40. The van der Waals surface area contributed by atoms with Gasteiger partial charge in [-0.05, 0) is 24.6 Å². The van der Waals surface area contributed by atoms with E-state index in [-0.39, 0.29) is 24.8 Å². The molecular formula is C19H24N4O4. The van der Waals surface area contributed by atoms with E-state index in [1.165, 1.54) is 6.26 Å². The van der Waals surface area contributed by atoms with Crippen LogP contribution in [0.15, 0.2) is 41.1 Å². The highest BCUT2D eigenvalue weighted by Gasteiger charge is 2.31. The maximum atomic E-state index is 12.3. The predicted octanol–water partition coefficient (Wildman–Crippen LogP) is 1.08. The smallest absolute Gasteiger partial charge is 0.237 e. The zero-order valence-corrected chi connectivity index (χ0v) is 15.3. The topological polar surface area (TPSA) is 96.7 Å². The Morgan fingerprint density at radius 3 is 2.89 bits per heavy atom. The first-order valence-electron chi connectivity index (χ1n) is 9.05. The van der Waals surface area contributed by atoms with Gasteiger partial charge in [0.15, 0.2) is 0 Å². The molecule has 2 amide bonds. The lowest BCUT2D eigenvalue weighted by Crippen LogP contribution is -2.56.